The van der Waals surface area contributed by atoms with Gasteiger partial charge in [0.15, 0.2) is 0 Å². The minimum absolute atomic E-state index is 0.107. The fraction of sp³-hybridized carbons (Fsp3) is 0.727. The molecular formula is C11H19N2O3. The number of nitrogens with one attached hydrogen (secondary N) is 1. The van der Waals surface area contributed by atoms with Gasteiger partial charge in [-0.1, -0.05) is 6.08 Å². The molecule has 0 fully saturated rings. The van der Waals surface area contributed by atoms with E-state index in [0.29, 0.717) is 5.57 Å². The van der Waals surface area contributed by atoms with E-state index in [4.69, 9.17) is 5.11 Å². The molecule has 5 heteroatoms. The summed E-state index contributed by atoms with van der Waals surface area (Å²) in [6.07, 6.45) is 1.69. The average molecular weight is 227 g/mol. The Kier molecular flexibility index (Phi) is 3.42. The fourth-order valence-corrected chi connectivity index (χ4v) is 2.03. The first-order valence-electron chi connectivity index (χ1n) is 5.33. The minimum atomic E-state index is -0.830. The summed E-state index contributed by atoms with van der Waals surface area (Å²) in [6, 6.07) is 0. The number of aliphatic hydroxyl groups is 1. The van der Waals surface area contributed by atoms with E-state index in [1.807, 2.05) is 0 Å². The number of hydrogen-bond donors (Lipinski definition) is 2. The molecule has 16 heavy (non-hydrogen) atoms. The molecule has 1 rings (SSSR count). The van der Waals surface area contributed by atoms with Gasteiger partial charge in [-0.3, -0.25) is 4.79 Å². The summed E-state index contributed by atoms with van der Waals surface area (Å²) in [5.74, 6) is -0.287. The molecule has 0 atom stereocenters. The third-order valence-corrected chi connectivity index (χ3v) is 2.83. The molecule has 0 saturated heterocycles. The summed E-state index contributed by atoms with van der Waals surface area (Å²) in [6.45, 7) is 7.08. The van der Waals surface area contributed by atoms with Crippen molar-refractivity contribution in [1.29, 1.82) is 0 Å². The van der Waals surface area contributed by atoms with E-state index in [1.54, 1.807) is 33.8 Å². The van der Waals surface area contributed by atoms with Crippen molar-refractivity contribution < 1.29 is 15.1 Å². The molecule has 0 unspecified atom stereocenters. The summed E-state index contributed by atoms with van der Waals surface area (Å²) in [5.41, 5.74) is -1.04. The van der Waals surface area contributed by atoms with Crippen LogP contribution in [0.3, 0.4) is 0 Å². The van der Waals surface area contributed by atoms with Crippen molar-refractivity contribution in [2.75, 3.05) is 13.2 Å². The molecule has 0 spiro atoms. The van der Waals surface area contributed by atoms with Crippen LogP contribution in [-0.4, -0.2) is 40.3 Å². The molecule has 0 aromatic heterocycles. The summed E-state index contributed by atoms with van der Waals surface area (Å²) in [4.78, 5) is 11.8. The number of amides is 1. The van der Waals surface area contributed by atoms with Gasteiger partial charge in [-0.05, 0) is 27.7 Å². The van der Waals surface area contributed by atoms with Gasteiger partial charge in [-0.2, -0.15) is 0 Å². The van der Waals surface area contributed by atoms with Gasteiger partial charge in [0.05, 0.1) is 17.7 Å². The normalized spacial score (nSPS) is 23.0. The van der Waals surface area contributed by atoms with E-state index < -0.39 is 11.1 Å². The van der Waals surface area contributed by atoms with Crippen molar-refractivity contribution in [1.82, 2.24) is 10.4 Å². The molecule has 1 amide bonds. The lowest BCUT2D eigenvalue weighted by Crippen LogP contribution is -2.48. The van der Waals surface area contributed by atoms with Crippen LogP contribution in [0.25, 0.3) is 0 Å². The van der Waals surface area contributed by atoms with Crippen LogP contribution in [0.15, 0.2) is 11.6 Å². The summed E-state index contributed by atoms with van der Waals surface area (Å²) < 4.78 is 0. The Balaban J connectivity index is 2.92. The number of aliphatic hydroxyl groups excluding tert-OH is 1. The van der Waals surface area contributed by atoms with Crippen LogP contribution < -0.4 is 5.32 Å². The number of hydroxylamine groups is 2. The van der Waals surface area contributed by atoms with Crippen LogP contribution >= 0.6 is 0 Å². The summed E-state index contributed by atoms with van der Waals surface area (Å²) in [7, 11) is 0. The standard InChI is InChI=1S/C11H19N2O3/c1-10(2)7-8(9(15)12-5-6-14)11(3,4)13(10)16/h7,14H,5-6H2,1-4H3,(H,12,15). The van der Waals surface area contributed by atoms with Crippen LogP contribution in [0, 0.1) is 0 Å². The van der Waals surface area contributed by atoms with Crippen LogP contribution in [0.4, 0.5) is 0 Å². The minimum Gasteiger partial charge on any atom is -0.395 e. The Morgan fingerprint density at radius 3 is 2.38 bits per heavy atom. The van der Waals surface area contributed by atoms with E-state index in [1.165, 1.54) is 0 Å². The van der Waals surface area contributed by atoms with Gasteiger partial charge in [0.2, 0.25) is 5.91 Å². The van der Waals surface area contributed by atoms with Crippen molar-refractivity contribution in [3.05, 3.63) is 11.6 Å². The third-order valence-electron chi connectivity index (χ3n) is 2.83. The molecule has 2 N–H and O–H groups in total. The molecule has 0 aromatic rings. The van der Waals surface area contributed by atoms with Crippen molar-refractivity contribution >= 4 is 5.91 Å². The highest BCUT2D eigenvalue weighted by Gasteiger charge is 2.48. The first-order valence-corrected chi connectivity index (χ1v) is 5.33. The van der Waals surface area contributed by atoms with Crippen molar-refractivity contribution in [3.8, 4) is 0 Å². The molecule has 1 heterocycles. The Hall–Kier alpha value is -0.910. The largest absolute Gasteiger partial charge is 0.395 e. The molecule has 0 aromatic carbocycles. The Labute approximate surface area is 95.7 Å². The predicted molar refractivity (Wildman–Crippen MR) is 58.9 cm³/mol. The highest BCUT2D eigenvalue weighted by Crippen LogP contribution is 2.38. The maximum Gasteiger partial charge on any atom is 0.248 e. The van der Waals surface area contributed by atoms with E-state index in [-0.39, 0.29) is 19.1 Å². The predicted octanol–water partition coefficient (Wildman–Crippen LogP) is 0.240. The van der Waals surface area contributed by atoms with Gasteiger partial charge in [0, 0.05) is 12.1 Å². The van der Waals surface area contributed by atoms with Crippen LogP contribution in [0.2, 0.25) is 0 Å². The number of rotatable bonds is 3. The van der Waals surface area contributed by atoms with Crippen molar-refractivity contribution in [2.45, 2.75) is 38.8 Å². The highest BCUT2D eigenvalue weighted by molar-refractivity contribution is 5.96. The molecule has 0 aliphatic carbocycles. The number of nitrogens with zero attached hydrogens (tertiary/aromatic N) is 1. The van der Waals surface area contributed by atoms with Crippen molar-refractivity contribution in [2.24, 2.45) is 0 Å². The lowest BCUT2D eigenvalue weighted by Gasteiger charge is -2.33. The fourth-order valence-electron chi connectivity index (χ4n) is 2.03. The molecule has 1 aliphatic heterocycles. The van der Waals surface area contributed by atoms with E-state index >= 15 is 0 Å². The Morgan fingerprint density at radius 2 is 2.00 bits per heavy atom. The Morgan fingerprint density at radius 1 is 1.44 bits per heavy atom. The zero-order valence-corrected chi connectivity index (χ0v) is 10.2. The van der Waals surface area contributed by atoms with E-state index in [2.05, 4.69) is 5.32 Å². The van der Waals surface area contributed by atoms with Crippen LogP contribution in [0.1, 0.15) is 27.7 Å². The molecule has 91 valence electrons. The first-order chi connectivity index (χ1) is 7.23. The maximum atomic E-state index is 12.0. The number of hydrogen-bond acceptors (Lipinski definition) is 3. The van der Waals surface area contributed by atoms with Gasteiger partial charge >= 0.3 is 0 Å². The zero-order valence-electron chi connectivity index (χ0n) is 10.2. The third kappa shape index (κ3) is 2.11. The number of carbonyl (C=O) groups excluding carboxylic acids is 1. The van der Waals surface area contributed by atoms with Gasteiger partial charge in [0.25, 0.3) is 0 Å². The lowest BCUT2D eigenvalue weighted by atomic mass is 9.96. The molecule has 5 nitrogen and oxygen atoms in total. The summed E-state index contributed by atoms with van der Waals surface area (Å²) in [5, 5.41) is 24.1. The quantitative estimate of drug-likeness (QED) is 0.725. The second-order valence-corrected chi connectivity index (χ2v) is 5.04. The molecular weight excluding hydrogens is 208 g/mol. The van der Waals surface area contributed by atoms with Gasteiger partial charge in [-0.25, -0.2) is 0 Å². The second kappa shape index (κ2) is 4.16. The zero-order chi connectivity index (χ0) is 12.6. The molecule has 1 aliphatic rings. The van der Waals surface area contributed by atoms with Gasteiger partial charge in [-0.15, -0.1) is 10.3 Å². The van der Waals surface area contributed by atoms with Crippen LogP contribution in [-0.2, 0) is 10.0 Å². The monoisotopic (exact) mass is 227 g/mol. The Bertz CT molecular complexity index is 321. The first kappa shape index (κ1) is 13.2. The summed E-state index contributed by atoms with van der Waals surface area (Å²) >= 11 is 0. The maximum absolute atomic E-state index is 12.0. The van der Waals surface area contributed by atoms with Crippen LogP contribution in [0.5, 0.6) is 0 Å². The molecule has 0 bridgehead atoms. The lowest BCUT2D eigenvalue weighted by molar-refractivity contribution is -0.238. The van der Waals surface area contributed by atoms with E-state index in [9.17, 15) is 10.0 Å². The number of carbonyl (C=O) groups is 1. The second-order valence-electron chi connectivity index (χ2n) is 5.04. The highest BCUT2D eigenvalue weighted by atomic mass is 16.5. The smallest absolute Gasteiger partial charge is 0.248 e. The molecule has 0 saturated carbocycles. The molecule has 1 radical (unpaired) electrons. The van der Waals surface area contributed by atoms with Crippen molar-refractivity contribution in [3.63, 3.8) is 0 Å². The van der Waals surface area contributed by atoms with Gasteiger partial charge < -0.3 is 10.4 Å². The SMILES string of the molecule is CC1(C)C=C(C(=O)NCCO)C(C)(C)N1[O]. The van der Waals surface area contributed by atoms with E-state index in [0.717, 1.165) is 5.06 Å². The average Bonchev–Trinajstić information content (AvgIpc) is 2.35. The van der Waals surface area contributed by atoms with Gasteiger partial charge in [0.1, 0.15) is 0 Å². The topological polar surface area (TPSA) is 72.5 Å².